The molecule has 1 saturated carbocycles. The number of fused-ring (bicyclic) bond motifs is 1. The van der Waals surface area contributed by atoms with Crippen LogP contribution in [0, 0.1) is 12.8 Å². The molecule has 0 radical (unpaired) electrons. The summed E-state index contributed by atoms with van der Waals surface area (Å²) in [5, 5.41) is 13.1. The van der Waals surface area contributed by atoms with Crippen molar-refractivity contribution in [3.05, 3.63) is 23.6 Å². The van der Waals surface area contributed by atoms with E-state index in [1.165, 1.54) is 12.1 Å². The number of aryl methyl sites for hydroxylation is 1. The van der Waals surface area contributed by atoms with Gasteiger partial charge >= 0.3 is 6.18 Å². The number of alkyl halides is 3. The van der Waals surface area contributed by atoms with Crippen LogP contribution in [-0.2, 0) is 0 Å². The van der Waals surface area contributed by atoms with Crippen LogP contribution in [0.25, 0.3) is 0 Å². The highest BCUT2D eigenvalue weighted by molar-refractivity contribution is 6.02. The molecule has 134 valence electrons. The van der Waals surface area contributed by atoms with E-state index in [1.54, 1.807) is 6.92 Å². The first-order valence-electron chi connectivity index (χ1n) is 7.99. The van der Waals surface area contributed by atoms with E-state index in [2.05, 4.69) is 20.9 Å². The second-order valence-electron chi connectivity index (χ2n) is 6.52. The molecule has 1 fully saturated rings. The van der Waals surface area contributed by atoms with Crippen molar-refractivity contribution in [3.8, 4) is 0 Å². The fourth-order valence-electron chi connectivity index (χ4n) is 3.13. The van der Waals surface area contributed by atoms with Crippen LogP contribution in [0.4, 0.5) is 24.8 Å². The normalized spacial score (nSPS) is 23.0. The number of hydrogen-bond donors (Lipinski definition) is 2. The molecule has 2 atom stereocenters. The van der Waals surface area contributed by atoms with E-state index in [4.69, 9.17) is 4.52 Å². The summed E-state index contributed by atoms with van der Waals surface area (Å²) in [6.07, 6.45) is -2.65. The van der Waals surface area contributed by atoms with Crippen molar-refractivity contribution in [2.75, 3.05) is 10.6 Å². The molecule has 4 rings (SSSR count). The minimum absolute atomic E-state index is 0.0770. The van der Waals surface area contributed by atoms with Crippen molar-refractivity contribution in [1.29, 1.82) is 0 Å². The number of anilines is 2. The molecule has 0 bridgehead atoms. The second-order valence-corrected chi connectivity index (χ2v) is 6.52. The van der Waals surface area contributed by atoms with Gasteiger partial charge in [-0.2, -0.15) is 18.3 Å². The molecule has 3 heterocycles. The van der Waals surface area contributed by atoms with Gasteiger partial charge in [-0.15, -0.1) is 0 Å². The highest BCUT2D eigenvalue weighted by Gasteiger charge is 2.49. The van der Waals surface area contributed by atoms with Crippen LogP contribution in [0.5, 0.6) is 0 Å². The maximum atomic E-state index is 13.4. The van der Waals surface area contributed by atoms with Gasteiger partial charge in [-0.05, 0) is 32.1 Å². The van der Waals surface area contributed by atoms with Gasteiger partial charge in [-0.25, -0.2) is 4.68 Å². The van der Waals surface area contributed by atoms with Gasteiger partial charge in [0.15, 0.2) is 17.6 Å². The van der Waals surface area contributed by atoms with Gasteiger partial charge in [0, 0.05) is 18.2 Å². The topological polar surface area (TPSA) is 85.0 Å². The molecule has 10 heteroatoms. The molecule has 1 amide bonds. The molecule has 2 aromatic heterocycles. The summed E-state index contributed by atoms with van der Waals surface area (Å²) in [7, 11) is 0. The Morgan fingerprint density at radius 2 is 2.16 bits per heavy atom. The monoisotopic (exact) mass is 355 g/mol. The zero-order valence-corrected chi connectivity index (χ0v) is 13.3. The van der Waals surface area contributed by atoms with Crippen LogP contribution in [0.1, 0.15) is 41.6 Å². The lowest BCUT2D eigenvalue weighted by molar-refractivity contribution is -0.174. The Bertz CT molecular complexity index is 808. The molecular formula is C15H16F3N5O2. The zero-order valence-electron chi connectivity index (χ0n) is 13.3. The predicted molar refractivity (Wildman–Crippen MR) is 81.3 cm³/mol. The lowest BCUT2D eigenvalue weighted by atomic mass is 10.0. The zero-order chi connectivity index (χ0) is 17.8. The fourth-order valence-corrected chi connectivity index (χ4v) is 3.13. The first-order chi connectivity index (χ1) is 11.8. The van der Waals surface area contributed by atoms with Gasteiger partial charge in [0.1, 0.15) is 11.6 Å². The fraction of sp³-hybridized carbons (Fsp3) is 0.533. The first-order valence-corrected chi connectivity index (χ1v) is 7.99. The average molecular weight is 355 g/mol. The molecule has 2 aliphatic rings. The highest BCUT2D eigenvalue weighted by atomic mass is 19.4. The summed E-state index contributed by atoms with van der Waals surface area (Å²) in [4.78, 5) is 12.2. The Labute approximate surface area is 140 Å². The van der Waals surface area contributed by atoms with E-state index in [0.29, 0.717) is 5.76 Å². The molecule has 1 aliphatic heterocycles. The van der Waals surface area contributed by atoms with Crippen molar-refractivity contribution >= 4 is 17.5 Å². The van der Waals surface area contributed by atoms with E-state index in [9.17, 15) is 18.0 Å². The van der Waals surface area contributed by atoms with E-state index in [-0.39, 0.29) is 35.7 Å². The van der Waals surface area contributed by atoms with Gasteiger partial charge in [-0.3, -0.25) is 4.79 Å². The molecule has 25 heavy (non-hydrogen) atoms. The van der Waals surface area contributed by atoms with Crippen molar-refractivity contribution in [2.45, 2.75) is 44.4 Å². The smallest absolute Gasteiger partial charge is 0.367 e. The van der Waals surface area contributed by atoms with E-state index in [1.807, 2.05) is 0 Å². The number of carbonyl (C=O) groups is 1. The van der Waals surface area contributed by atoms with Crippen LogP contribution in [-0.4, -0.2) is 33.1 Å². The van der Waals surface area contributed by atoms with Gasteiger partial charge in [0.2, 0.25) is 0 Å². The third-order valence-electron chi connectivity index (χ3n) is 4.51. The summed E-state index contributed by atoms with van der Waals surface area (Å²) in [6, 6.07) is 0.874. The molecule has 1 aliphatic carbocycles. The maximum Gasteiger partial charge on any atom is 0.410 e. The molecule has 2 aromatic rings. The van der Waals surface area contributed by atoms with Gasteiger partial charge in [0.25, 0.3) is 5.91 Å². The summed E-state index contributed by atoms with van der Waals surface area (Å²) < 4.78 is 46.0. The van der Waals surface area contributed by atoms with E-state index >= 15 is 0 Å². The van der Waals surface area contributed by atoms with Crippen LogP contribution in [0.15, 0.2) is 16.7 Å². The number of nitrogens with one attached hydrogen (secondary N) is 2. The Balaban J connectivity index is 1.61. The summed E-state index contributed by atoms with van der Waals surface area (Å²) >= 11 is 0. The standard InChI is InChI=1S/C15H16F3N5O2/c1-7-4-12(22-25-7)20-14(24)10-6-13-19-9(8-2-3-8)5-11(15(16,17)18)23(13)21-10/h4,6,8-9,11,19H,2-3,5H2,1H3,(H,20,22,24). The predicted octanol–water partition coefficient (Wildman–Crippen LogP) is 3.13. The lowest BCUT2D eigenvalue weighted by Gasteiger charge is -2.33. The van der Waals surface area contributed by atoms with Crippen LogP contribution in [0.3, 0.4) is 0 Å². The number of halogens is 3. The van der Waals surface area contributed by atoms with E-state index in [0.717, 1.165) is 17.5 Å². The Kier molecular flexibility index (Phi) is 3.51. The van der Waals surface area contributed by atoms with Crippen molar-refractivity contribution < 1.29 is 22.5 Å². The van der Waals surface area contributed by atoms with Gasteiger partial charge < -0.3 is 15.2 Å². The maximum absolute atomic E-state index is 13.4. The van der Waals surface area contributed by atoms with Crippen LogP contribution >= 0.6 is 0 Å². The van der Waals surface area contributed by atoms with Crippen molar-refractivity contribution in [2.24, 2.45) is 5.92 Å². The largest absolute Gasteiger partial charge is 0.410 e. The SMILES string of the molecule is Cc1cc(NC(=O)c2cc3n(n2)C(C(F)(F)F)CC(C2CC2)N3)no1. The molecule has 0 spiro atoms. The molecule has 2 N–H and O–H groups in total. The number of rotatable bonds is 3. The quantitative estimate of drug-likeness (QED) is 0.884. The Morgan fingerprint density at radius 1 is 1.40 bits per heavy atom. The molecule has 2 unspecified atom stereocenters. The number of aromatic nitrogens is 3. The van der Waals surface area contributed by atoms with Crippen molar-refractivity contribution in [3.63, 3.8) is 0 Å². The number of hydrogen-bond acceptors (Lipinski definition) is 5. The molecular weight excluding hydrogens is 339 g/mol. The number of nitrogens with zero attached hydrogens (tertiary/aromatic N) is 3. The van der Waals surface area contributed by atoms with Crippen LogP contribution in [0.2, 0.25) is 0 Å². The minimum atomic E-state index is -4.42. The summed E-state index contributed by atoms with van der Waals surface area (Å²) in [5.74, 6) is 0.520. The Hall–Kier alpha value is -2.52. The van der Waals surface area contributed by atoms with Crippen molar-refractivity contribution in [1.82, 2.24) is 14.9 Å². The summed E-state index contributed by atoms with van der Waals surface area (Å²) in [6.45, 7) is 1.66. The Morgan fingerprint density at radius 3 is 2.76 bits per heavy atom. The molecule has 0 saturated heterocycles. The van der Waals surface area contributed by atoms with Gasteiger partial charge in [-0.1, -0.05) is 5.16 Å². The number of amides is 1. The van der Waals surface area contributed by atoms with E-state index < -0.39 is 18.1 Å². The summed E-state index contributed by atoms with van der Waals surface area (Å²) in [5.41, 5.74) is -0.103. The average Bonchev–Trinajstić information content (AvgIpc) is 3.17. The number of carbonyl (C=O) groups excluding carboxylic acids is 1. The minimum Gasteiger partial charge on any atom is -0.367 e. The highest BCUT2D eigenvalue weighted by Crippen LogP contribution is 2.45. The molecule has 0 aromatic carbocycles. The third kappa shape index (κ3) is 3.08. The third-order valence-corrected chi connectivity index (χ3v) is 4.51. The van der Waals surface area contributed by atoms with Crippen LogP contribution < -0.4 is 10.6 Å². The second kappa shape index (κ2) is 5.50. The first kappa shape index (κ1) is 16.0. The lowest BCUT2D eigenvalue weighted by Crippen LogP contribution is -2.40. The van der Waals surface area contributed by atoms with Gasteiger partial charge in [0.05, 0.1) is 0 Å². The molecule has 7 nitrogen and oxygen atoms in total.